The van der Waals surface area contributed by atoms with Crippen LogP contribution in [0.3, 0.4) is 0 Å². The van der Waals surface area contributed by atoms with Gasteiger partial charge in [-0.3, -0.25) is 0 Å². The zero-order valence-electron chi connectivity index (χ0n) is 19.1. The molecule has 10 nitrogen and oxygen atoms in total. The van der Waals surface area contributed by atoms with E-state index in [9.17, 15) is 18.0 Å². The van der Waals surface area contributed by atoms with E-state index < -0.39 is 24.8 Å². The Hall–Kier alpha value is -4.13. The summed E-state index contributed by atoms with van der Waals surface area (Å²) in [5, 5.41) is 14.7. The standard InChI is InChI=1S/C23H25F3N6O4/c24-23(25,26)14-36-22-31-20(28-13-15-3-9-18(10-4-15)35-12-2-1-11-27)30-21(32-22)29-17-7-5-16(6-8-17)19(33)34/h3-10H,1-2,11-14,27H2,(H,33,34)(H2,28,29,30,31,32). The highest BCUT2D eigenvalue weighted by Crippen LogP contribution is 2.21. The van der Waals surface area contributed by atoms with Crippen molar-refractivity contribution in [3.8, 4) is 11.8 Å². The van der Waals surface area contributed by atoms with Crippen LogP contribution in [0, 0.1) is 0 Å². The Balaban J connectivity index is 1.69. The summed E-state index contributed by atoms with van der Waals surface area (Å²) in [6, 6.07) is 12.4. The number of nitrogens with two attached hydrogens (primary N) is 1. The number of nitrogens with zero attached hydrogens (tertiary/aromatic N) is 3. The maximum atomic E-state index is 12.6. The second-order valence-electron chi connectivity index (χ2n) is 7.52. The predicted molar refractivity (Wildman–Crippen MR) is 126 cm³/mol. The first-order valence-corrected chi connectivity index (χ1v) is 10.9. The molecule has 192 valence electrons. The molecule has 0 unspecified atom stereocenters. The number of alkyl halides is 3. The first-order chi connectivity index (χ1) is 17.2. The molecule has 1 heterocycles. The van der Waals surface area contributed by atoms with Crippen molar-refractivity contribution in [1.29, 1.82) is 0 Å². The minimum atomic E-state index is -4.57. The van der Waals surface area contributed by atoms with Crippen LogP contribution in [0.15, 0.2) is 48.5 Å². The van der Waals surface area contributed by atoms with E-state index in [0.29, 0.717) is 24.6 Å². The average molecular weight is 506 g/mol. The highest BCUT2D eigenvalue weighted by molar-refractivity contribution is 5.88. The zero-order chi connectivity index (χ0) is 26.0. The van der Waals surface area contributed by atoms with Crippen LogP contribution in [0.1, 0.15) is 28.8 Å². The van der Waals surface area contributed by atoms with Gasteiger partial charge in [-0.2, -0.15) is 28.1 Å². The normalized spacial score (nSPS) is 11.1. The van der Waals surface area contributed by atoms with E-state index in [4.69, 9.17) is 20.3 Å². The number of aromatic carboxylic acids is 1. The first-order valence-electron chi connectivity index (χ1n) is 10.9. The van der Waals surface area contributed by atoms with Crippen molar-refractivity contribution in [3.63, 3.8) is 0 Å². The Morgan fingerprint density at radius 3 is 2.28 bits per heavy atom. The van der Waals surface area contributed by atoms with Gasteiger partial charge in [0.15, 0.2) is 6.61 Å². The van der Waals surface area contributed by atoms with Gasteiger partial charge in [-0.05, 0) is 61.3 Å². The molecule has 13 heteroatoms. The summed E-state index contributed by atoms with van der Waals surface area (Å²) in [6.45, 7) is -0.129. The molecule has 3 rings (SSSR count). The molecule has 2 aromatic carbocycles. The minimum Gasteiger partial charge on any atom is -0.494 e. The van der Waals surface area contributed by atoms with Crippen molar-refractivity contribution in [2.45, 2.75) is 25.6 Å². The molecule has 0 aliphatic rings. The van der Waals surface area contributed by atoms with Crippen LogP contribution in [0.5, 0.6) is 11.8 Å². The third-order valence-electron chi connectivity index (χ3n) is 4.61. The quantitative estimate of drug-likeness (QED) is 0.251. The number of hydrogen-bond donors (Lipinski definition) is 4. The Labute approximate surface area is 204 Å². The van der Waals surface area contributed by atoms with Crippen LogP contribution in [-0.4, -0.2) is 52.0 Å². The molecular weight excluding hydrogens is 481 g/mol. The molecule has 0 fully saturated rings. The van der Waals surface area contributed by atoms with E-state index >= 15 is 0 Å². The van der Waals surface area contributed by atoms with E-state index in [-0.39, 0.29) is 24.0 Å². The highest BCUT2D eigenvalue weighted by Gasteiger charge is 2.29. The summed E-state index contributed by atoms with van der Waals surface area (Å²) in [4.78, 5) is 22.9. The van der Waals surface area contributed by atoms with Crippen LogP contribution in [-0.2, 0) is 6.54 Å². The fraction of sp³-hybridized carbons (Fsp3) is 0.304. The van der Waals surface area contributed by atoms with Crippen molar-refractivity contribution in [2.24, 2.45) is 5.73 Å². The molecule has 0 spiro atoms. The fourth-order valence-electron chi connectivity index (χ4n) is 2.85. The molecule has 5 N–H and O–H groups in total. The minimum absolute atomic E-state index is 0.0195. The number of halogens is 3. The topological polar surface area (TPSA) is 145 Å². The monoisotopic (exact) mass is 506 g/mol. The van der Waals surface area contributed by atoms with Gasteiger partial charge in [0.05, 0.1) is 12.2 Å². The third kappa shape index (κ3) is 8.91. The number of benzene rings is 2. The van der Waals surface area contributed by atoms with Gasteiger partial charge >= 0.3 is 18.2 Å². The van der Waals surface area contributed by atoms with E-state index in [1.54, 1.807) is 12.1 Å². The summed E-state index contributed by atoms with van der Waals surface area (Å²) in [7, 11) is 0. The Morgan fingerprint density at radius 2 is 1.64 bits per heavy atom. The van der Waals surface area contributed by atoms with Crippen molar-refractivity contribution < 1.29 is 32.5 Å². The third-order valence-corrected chi connectivity index (χ3v) is 4.61. The van der Waals surface area contributed by atoms with Crippen molar-refractivity contribution >= 4 is 23.6 Å². The summed E-state index contributed by atoms with van der Waals surface area (Å²) < 4.78 is 48.2. The second-order valence-corrected chi connectivity index (χ2v) is 7.52. The molecule has 3 aromatic rings. The van der Waals surface area contributed by atoms with Gasteiger partial charge in [-0.25, -0.2) is 4.79 Å². The Morgan fingerprint density at radius 1 is 0.944 bits per heavy atom. The van der Waals surface area contributed by atoms with Crippen LogP contribution >= 0.6 is 0 Å². The number of nitrogens with one attached hydrogen (secondary N) is 2. The molecule has 0 radical (unpaired) electrons. The number of carboxylic acid groups (broad SMARTS) is 1. The summed E-state index contributed by atoms with van der Waals surface area (Å²) >= 11 is 0. The van der Waals surface area contributed by atoms with Crippen LogP contribution in [0.2, 0.25) is 0 Å². The van der Waals surface area contributed by atoms with Gasteiger partial charge in [-0.15, -0.1) is 0 Å². The Bertz CT molecular complexity index is 1130. The number of hydrogen-bond acceptors (Lipinski definition) is 9. The summed E-state index contributed by atoms with van der Waals surface area (Å²) in [5.74, 6) is -0.496. The lowest BCUT2D eigenvalue weighted by Gasteiger charge is -2.12. The van der Waals surface area contributed by atoms with Crippen LogP contribution in [0.25, 0.3) is 0 Å². The smallest absolute Gasteiger partial charge is 0.422 e. The van der Waals surface area contributed by atoms with Gasteiger partial charge in [-0.1, -0.05) is 12.1 Å². The maximum absolute atomic E-state index is 12.6. The lowest BCUT2D eigenvalue weighted by molar-refractivity contribution is -0.154. The van der Waals surface area contributed by atoms with Gasteiger partial charge in [0.25, 0.3) is 0 Å². The molecule has 0 bridgehead atoms. The lowest BCUT2D eigenvalue weighted by Crippen LogP contribution is -2.21. The number of unbranched alkanes of at least 4 members (excludes halogenated alkanes) is 1. The summed E-state index contributed by atoms with van der Waals surface area (Å²) in [5.41, 5.74) is 6.79. The van der Waals surface area contributed by atoms with Crippen LogP contribution in [0.4, 0.5) is 30.8 Å². The molecule has 0 saturated carbocycles. The van der Waals surface area contributed by atoms with E-state index in [1.165, 1.54) is 24.3 Å². The SMILES string of the molecule is NCCCCOc1ccc(CNc2nc(Nc3ccc(C(=O)O)cc3)nc(OCC(F)(F)F)n2)cc1. The average Bonchev–Trinajstić information content (AvgIpc) is 2.85. The van der Waals surface area contributed by atoms with Gasteiger partial charge in [0, 0.05) is 12.2 Å². The highest BCUT2D eigenvalue weighted by atomic mass is 19.4. The van der Waals surface area contributed by atoms with Crippen LogP contribution < -0.4 is 25.8 Å². The number of carbonyl (C=O) groups is 1. The first kappa shape index (κ1) is 26.5. The van der Waals surface area contributed by atoms with Crippen molar-refractivity contribution in [2.75, 3.05) is 30.4 Å². The number of aromatic nitrogens is 3. The molecule has 1 aromatic heterocycles. The molecule has 0 amide bonds. The molecule has 0 atom stereocenters. The number of rotatable bonds is 13. The van der Waals surface area contributed by atoms with Gasteiger partial charge < -0.3 is 30.9 Å². The number of carboxylic acids is 1. The molecule has 0 aliphatic heterocycles. The fourth-order valence-corrected chi connectivity index (χ4v) is 2.85. The lowest BCUT2D eigenvalue weighted by atomic mass is 10.2. The number of ether oxygens (including phenoxy) is 2. The second kappa shape index (κ2) is 12.5. The van der Waals surface area contributed by atoms with E-state index in [2.05, 4.69) is 25.6 Å². The largest absolute Gasteiger partial charge is 0.494 e. The van der Waals surface area contributed by atoms with Crippen molar-refractivity contribution in [1.82, 2.24) is 15.0 Å². The molecular formula is C23H25F3N6O4. The zero-order valence-corrected chi connectivity index (χ0v) is 19.1. The predicted octanol–water partition coefficient (Wildman–Crippen LogP) is 3.98. The number of anilines is 3. The molecule has 0 aliphatic carbocycles. The Kier molecular flexibility index (Phi) is 9.22. The molecule has 0 saturated heterocycles. The maximum Gasteiger partial charge on any atom is 0.422 e. The van der Waals surface area contributed by atoms with E-state index in [1.807, 2.05) is 12.1 Å². The summed E-state index contributed by atoms with van der Waals surface area (Å²) in [6.07, 6.45) is -2.83. The van der Waals surface area contributed by atoms with Gasteiger partial charge in [0.1, 0.15) is 5.75 Å². The van der Waals surface area contributed by atoms with Gasteiger partial charge in [0.2, 0.25) is 11.9 Å². The molecule has 36 heavy (non-hydrogen) atoms. The van der Waals surface area contributed by atoms with E-state index in [0.717, 1.165) is 18.4 Å². The van der Waals surface area contributed by atoms with Crippen molar-refractivity contribution in [3.05, 3.63) is 59.7 Å².